The molecule has 0 atom stereocenters. The van der Waals surface area contributed by atoms with Gasteiger partial charge in [-0.05, 0) is 43.2 Å². The summed E-state index contributed by atoms with van der Waals surface area (Å²) in [5.41, 5.74) is 1.51. The molecule has 0 aliphatic heterocycles. The zero-order valence-electron chi connectivity index (χ0n) is 15.4. The highest BCUT2D eigenvalue weighted by molar-refractivity contribution is 5.92. The molecule has 0 saturated heterocycles. The fraction of sp³-hybridized carbons (Fsp3) is 0.400. The van der Waals surface area contributed by atoms with Gasteiger partial charge in [0.15, 0.2) is 0 Å². The van der Waals surface area contributed by atoms with Crippen LogP contribution >= 0.6 is 0 Å². The lowest BCUT2D eigenvalue weighted by atomic mass is 10.1. The van der Waals surface area contributed by atoms with Crippen LogP contribution in [-0.2, 0) is 4.74 Å². The number of rotatable bonds is 5. The maximum absolute atomic E-state index is 12.5. The summed E-state index contributed by atoms with van der Waals surface area (Å²) in [7, 11) is 1.34. The van der Waals surface area contributed by atoms with Crippen molar-refractivity contribution in [3.63, 3.8) is 0 Å². The van der Waals surface area contributed by atoms with Gasteiger partial charge in [-0.3, -0.25) is 4.79 Å². The molecule has 0 spiro atoms. The van der Waals surface area contributed by atoms with Crippen LogP contribution in [0.25, 0.3) is 0 Å². The Balaban J connectivity index is 1.64. The quantitative estimate of drug-likeness (QED) is 0.620. The van der Waals surface area contributed by atoms with Crippen molar-refractivity contribution >= 4 is 23.5 Å². The van der Waals surface area contributed by atoms with E-state index in [-0.39, 0.29) is 11.9 Å². The van der Waals surface area contributed by atoms with Crippen LogP contribution in [-0.4, -0.2) is 35.0 Å². The second kappa shape index (κ2) is 9.12. The van der Waals surface area contributed by atoms with E-state index in [0.717, 1.165) is 25.7 Å². The maximum Gasteiger partial charge on any atom is 0.337 e. The summed E-state index contributed by atoms with van der Waals surface area (Å²) in [4.78, 5) is 32.4. The molecule has 1 aliphatic carbocycles. The van der Waals surface area contributed by atoms with Crippen LogP contribution in [0.15, 0.2) is 36.5 Å². The first-order chi connectivity index (χ1) is 13.2. The molecule has 2 N–H and O–H groups in total. The van der Waals surface area contributed by atoms with Crippen LogP contribution in [0.2, 0.25) is 0 Å². The minimum atomic E-state index is -0.394. The molecule has 1 heterocycles. The second-order valence-corrected chi connectivity index (χ2v) is 6.62. The van der Waals surface area contributed by atoms with Crippen molar-refractivity contribution in [2.45, 2.75) is 44.6 Å². The standard InChI is InChI=1S/C20H24N4O3/c1-27-19(26)14-8-10-16(11-9-14)23-20-21-13-12-17(24-20)18(25)22-15-6-4-2-3-5-7-15/h8-13,15H,2-7H2,1H3,(H,22,25)(H,21,23,24). The van der Waals surface area contributed by atoms with Gasteiger partial charge in [0.25, 0.3) is 5.91 Å². The molecule has 3 rings (SSSR count). The van der Waals surface area contributed by atoms with Crippen molar-refractivity contribution in [2.24, 2.45) is 0 Å². The zero-order valence-corrected chi connectivity index (χ0v) is 15.4. The molecule has 27 heavy (non-hydrogen) atoms. The van der Waals surface area contributed by atoms with E-state index in [9.17, 15) is 9.59 Å². The van der Waals surface area contributed by atoms with Crippen molar-refractivity contribution in [1.29, 1.82) is 0 Å². The zero-order chi connectivity index (χ0) is 19.1. The molecule has 1 aromatic heterocycles. The summed E-state index contributed by atoms with van der Waals surface area (Å²) >= 11 is 0. The Morgan fingerprint density at radius 3 is 2.41 bits per heavy atom. The number of hydrogen-bond acceptors (Lipinski definition) is 6. The van der Waals surface area contributed by atoms with Gasteiger partial charge in [-0.2, -0.15) is 0 Å². The number of hydrogen-bond donors (Lipinski definition) is 2. The maximum atomic E-state index is 12.5. The van der Waals surface area contributed by atoms with Crippen LogP contribution in [0.3, 0.4) is 0 Å². The van der Waals surface area contributed by atoms with E-state index < -0.39 is 5.97 Å². The molecule has 1 aromatic carbocycles. The van der Waals surface area contributed by atoms with Gasteiger partial charge in [0, 0.05) is 17.9 Å². The first kappa shape index (κ1) is 18.8. The molecule has 1 amide bonds. The second-order valence-electron chi connectivity index (χ2n) is 6.62. The average molecular weight is 368 g/mol. The Bertz CT molecular complexity index is 784. The summed E-state index contributed by atoms with van der Waals surface area (Å²) in [6.07, 6.45) is 8.39. The molecule has 142 valence electrons. The number of esters is 1. The normalized spacial score (nSPS) is 14.9. The van der Waals surface area contributed by atoms with Crippen LogP contribution in [0, 0.1) is 0 Å². The van der Waals surface area contributed by atoms with E-state index in [1.54, 1.807) is 36.5 Å². The lowest BCUT2D eigenvalue weighted by molar-refractivity contribution is 0.0600. The van der Waals surface area contributed by atoms with E-state index in [1.165, 1.54) is 20.0 Å². The minimum absolute atomic E-state index is 0.173. The van der Waals surface area contributed by atoms with Crippen LogP contribution in [0.1, 0.15) is 59.4 Å². The third-order valence-corrected chi connectivity index (χ3v) is 4.64. The smallest absolute Gasteiger partial charge is 0.337 e. The summed E-state index contributed by atoms with van der Waals surface area (Å²) in [5.74, 6) is -0.238. The Labute approximate surface area is 158 Å². The lowest BCUT2D eigenvalue weighted by Crippen LogP contribution is -2.35. The van der Waals surface area contributed by atoms with Gasteiger partial charge in [-0.25, -0.2) is 14.8 Å². The number of ether oxygens (including phenoxy) is 1. The molecule has 1 aliphatic rings. The molecular weight excluding hydrogens is 344 g/mol. The van der Waals surface area contributed by atoms with E-state index in [1.807, 2.05) is 0 Å². The molecule has 0 unspecified atom stereocenters. The monoisotopic (exact) mass is 368 g/mol. The Morgan fingerprint density at radius 1 is 1.04 bits per heavy atom. The topological polar surface area (TPSA) is 93.2 Å². The first-order valence-electron chi connectivity index (χ1n) is 9.25. The molecule has 0 bridgehead atoms. The van der Waals surface area contributed by atoms with E-state index in [0.29, 0.717) is 22.9 Å². The van der Waals surface area contributed by atoms with Crippen molar-refractivity contribution in [3.05, 3.63) is 47.8 Å². The summed E-state index contributed by atoms with van der Waals surface area (Å²) < 4.78 is 4.68. The molecule has 0 radical (unpaired) electrons. The summed E-state index contributed by atoms with van der Waals surface area (Å²) in [6, 6.07) is 8.59. The number of carbonyl (C=O) groups is 2. The number of methoxy groups -OCH3 is 1. The molecule has 7 nitrogen and oxygen atoms in total. The molecule has 1 saturated carbocycles. The Hall–Kier alpha value is -2.96. The predicted octanol–water partition coefficient (Wildman–Crippen LogP) is 3.46. The van der Waals surface area contributed by atoms with Gasteiger partial charge < -0.3 is 15.4 Å². The van der Waals surface area contributed by atoms with E-state index >= 15 is 0 Å². The summed E-state index contributed by atoms with van der Waals surface area (Å²) in [5, 5.41) is 6.13. The van der Waals surface area contributed by atoms with Gasteiger partial charge in [0.2, 0.25) is 5.95 Å². The summed E-state index contributed by atoms with van der Waals surface area (Å²) in [6.45, 7) is 0. The highest BCUT2D eigenvalue weighted by Crippen LogP contribution is 2.18. The minimum Gasteiger partial charge on any atom is -0.465 e. The van der Waals surface area contributed by atoms with Gasteiger partial charge in [-0.15, -0.1) is 0 Å². The number of anilines is 2. The van der Waals surface area contributed by atoms with Crippen molar-refractivity contribution in [3.8, 4) is 0 Å². The molecule has 2 aromatic rings. The highest BCUT2D eigenvalue weighted by Gasteiger charge is 2.17. The Morgan fingerprint density at radius 2 is 1.74 bits per heavy atom. The van der Waals surface area contributed by atoms with Gasteiger partial charge in [-0.1, -0.05) is 25.7 Å². The largest absolute Gasteiger partial charge is 0.465 e. The van der Waals surface area contributed by atoms with Crippen molar-refractivity contribution in [2.75, 3.05) is 12.4 Å². The molecular formula is C20H24N4O3. The number of aromatic nitrogens is 2. The average Bonchev–Trinajstić information content (AvgIpc) is 2.97. The van der Waals surface area contributed by atoms with Crippen LogP contribution in [0.5, 0.6) is 0 Å². The molecule has 7 heteroatoms. The number of nitrogens with one attached hydrogen (secondary N) is 2. The SMILES string of the molecule is COC(=O)c1ccc(Nc2nccc(C(=O)NC3CCCCCC3)n2)cc1. The lowest BCUT2D eigenvalue weighted by Gasteiger charge is -2.16. The number of nitrogens with zero attached hydrogens (tertiary/aromatic N) is 2. The van der Waals surface area contributed by atoms with Gasteiger partial charge in [0.05, 0.1) is 12.7 Å². The third kappa shape index (κ3) is 5.26. The van der Waals surface area contributed by atoms with E-state index in [2.05, 4.69) is 25.3 Å². The van der Waals surface area contributed by atoms with Crippen LogP contribution in [0.4, 0.5) is 11.6 Å². The van der Waals surface area contributed by atoms with Crippen LogP contribution < -0.4 is 10.6 Å². The number of amides is 1. The third-order valence-electron chi connectivity index (χ3n) is 4.64. The van der Waals surface area contributed by atoms with Gasteiger partial charge >= 0.3 is 5.97 Å². The fourth-order valence-electron chi connectivity index (χ4n) is 3.17. The first-order valence-corrected chi connectivity index (χ1v) is 9.25. The van der Waals surface area contributed by atoms with Gasteiger partial charge in [0.1, 0.15) is 5.69 Å². The number of benzene rings is 1. The fourth-order valence-corrected chi connectivity index (χ4v) is 3.17. The Kier molecular flexibility index (Phi) is 6.35. The highest BCUT2D eigenvalue weighted by atomic mass is 16.5. The molecule has 1 fully saturated rings. The number of carbonyl (C=O) groups excluding carboxylic acids is 2. The predicted molar refractivity (Wildman–Crippen MR) is 102 cm³/mol. The van der Waals surface area contributed by atoms with E-state index in [4.69, 9.17) is 0 Å². The van der Waals surface area contributed by atoms with Crippen molar-refractivity contribution in [1.82, 2.24) is 15.3 Å². The van der Waals surface area contributed by atoms with Crippen molar-refractivity contribution < 1.29 is 14.3 Å².